The van der Waals surface area contributed by atoms with Gasteiger partial charge in [-0.25, -0.2) is 0 Å². The topological polar surface area (TPSA) is 35.6 Å². The van der Waals surface area contributed by atoms with Crippen LogP contribution in [-0.2, 0) is 4.79 Å². The highest BCUT2D eigenvalue weighted by molar-refractivity contribution is 5.82. The van der Waals surface area contributed by atoms with E-state index in [1.807, 2.05) is 4.90 Å². The normalized spacial score (nSPS) is 23.1. The van der Waals surface area contributed by atoms with Gasteiger partial charge in [-0.1, -0.05) is 20.8 Å². The monoisotopic (exact) mass is 283 g/mol. The van der Waals surface area contributed by atoms with Crippen LogP contribution in [0, 0.1) is 5.92 Å². The molecule has 0 bridgehead atoms. The van der Waals surface area contributed by atoms with E-state index in [4.69, 9.17) is 0 Å². The van der Waals surface area contributed by atoms with Gasteiger partial charge in [0.1, 0.15) is 0 Å². The summed E-state index contributed by atoms with van der Waals surface area (Å²) in [4.78, 5) is 17.1. The molecule has 4 heteroatoms. The molecule has 0 aromatic carbocycles. The number of nitrogens with zero attached hydrogens (tertiary/aromatic N) is 2. The molecule has 1 saturated heterocycles. The third-order valence-corrected chi connectivity index (χ3v) is 4.53. The van der Waals surface area contributed by atoms with E-state index in [-0.39, 0.29) is 6.04 Å². The molecule has 2 unspecified atom stereocenters. The number of likely N-dealkylation sites (N-methyl/N-ethyl adjacent to an activating group) is 1. The summed E-state index contributed by atoms with van der Waals surface area (Å²) in [5, 5.41) is 3.40. The SMILES string of the molecule is CCN(CC)CCCN(CC)C(=O)C1NCCCC1C. The van der Waals surface area contributed by atoms with Crippen LogP contribution < -0.4 is 5.32 Å². The molecule has 0 aliphatic carbocycles. The highest BCUT2D eigenvalue weighted by Gasteiger charge is 2.30. The molecule has 0 radical (unpaired) electrons. The Bertz CT molecular complexity index is 279. The standard InChI is InChI=1S/C16H33N3O/c1-5-18(6-2)12-9-13-19(7-3)16(20)15-14(4)10-8-11-17-15/h14-15,17H,5-13H2,1-4H3. The van der Waals surface area contributed by atoms with Gasteiger partial charge in [-0.15, -0.1) is 0 Å². The van der Waals surface area contributed by atoms with E-state index < -0.39 is 0 Å². The molecule has 0 aromatic rings. The molecule has 1 rings (SSSR count). The second kappa shape index (κ2) is 9.35. The Morgan fingerprint density at radius 3 is 2.40 bits per heavy atom. The third-order valence-electron chi connectivity index (χ3n) is 4.53. The van der Waals surface area contributed by atoms with Crippen molar-refractivity contribution in [2.24, 2.45) is 5.92 Å². The van der Waals surface area contributed by atoms with Crippen molar-refractivity contribution in [3.05, 3.63) is 0 Å². The minimum absolute atomic E-state index is 0.0390. The van der Waals surface area contributed by atoms with Crippen molar-refractivity contribution in [3.63, 3.8) is 0 Å². The smallest absolute Gasteiger partial charge is 0.239 e. The van der Waals surface area contributed by atoms with E-state index in [2.05, 4.69) is 37.9 Å². The van der Waals surface area contributed by atoms with E-state index in [1.165, 1.54) is 12.8 Å². The Morgan fingerprint density at radius 1 is 1.15 bits per heavy atom. The molecule has 1 heterocycles. The average molecular weight is 283 g/mol. The van der Waals surface area contributed by atoms with Gasteiger partial charge in [-0.05, 0) is 58.3 Å². The number of hydrogen-bond acceptors (Lipinski definition) is 3. The van der Waals surface area contributed by atoms with Gasteiger partial charge in [-0.2, -0.15) is 0 Å². The summed E-state index contributed by atoms with van der Waals surface area (Å²) in [5.41, 5.74) is 0. The van der Waals surface area contributed by atoms with Crippen LogP contribution in [0.4, 0.5) is 0 Å². The van der Waals surface area contributed by atoms with Gasteiger partial charge in [0, 0.05) is 13.1 Å². The highest BCUT2D eigenvalue weighted by atomic mass is 16.2. The van der Waals surface area contributed by atoms with Crippen LogP contribution in [-0.4, -0.2) is 61.0 Å². The van der Waals surface area contributed by atoms with Gasteiger partial charge < -0.3 is 15.1 Å². The van der Waals surface area contributed by atoms with E-state index in [0.717, 1.165) is 45.7 Å². The fourth-order valence-electron chi connectivity index (χ4n) is 3.03. The van der Waals surface area contributed by atoms with Crippen LogP contribution in [0.3, 0.4) is 0 Å². The van der Waals surface area contributed by atoms with Crippen molar-refractivity contribution in [1.29, 1.82) is 0 Å². The first-order valence-electron chi connectivity index (χ1n) is 8.38. The van der Waals surface area contributed by atoms with Crippen molar-refractivity contribution in [2.75, 3.05) is 39.3 Å². The Kier molecular flexibility index (Phi) is 8.15. The molecule has 0 saturated carbocycles. The van der Waals surface area contributed by atoms with Crippen LogP contribution in [0.1, 0.15) is 47.0 Å². The Hall–Kier alpha value is -0.610. The minimum atomic E-state index is 0.0390. The second-order valence-corrected chi connectivity index (χ2v) is 5.85. The van der Waals surface area contributed by atoms with E-state index in [9.17, 15) is 4.79 Å². The van der Waals surface area contributed by atoms with Gasteiger partial charge in [-0.3, -0.25) is 4.79 Å². The maximum absolute atomic E-state index is 12.6. The maximum atomic E-state index is 12.6. The molecule has 118 valence electrons. The van der Waals surface area contributed by atoms with Crippen molar-refractivity contribution in [2.45, 2.75) is 53.0 Å². The van der Waals surface area contributed by atoms with Gasteiger partial charge in [0.15, 0.2) is 0 Å². The lowest BCUT2D eigenvalue weighted by Crippen LogP contribution is -2.52. The number of rotatable bonds is 8. The number of amides is 1. The number of carbonyl (C=O) groups excluding carboxylic acids is 1. The zero-order valence-corrected chi connectivity index (χ0v) is 13.8. The Morgan fingerprint density at radius 2 is 1.85 bits per heavy atom. The molecule has 4 nitrogen and oxygen atoms in total. The number of nitrogens with one attached hydrogen (secondary N) is 1. The molecule has 1 fully saturated rings. The number of carbonyl (C=O) groups is 1. The largest absolute Gasteiger partial charge is 0.342 e. The van der Waals surface area contributed by atoms with E-state index in [1.54, 1.807) is 0 Å². The summed E-state index contributed by atoms with van der Waals surface area (Å²) in [6.07, 6.45) is 3.43. The molecule has 0 spiro atoms. The van der Waals surface area contributed by atoms with Gasteiger partial charge in [0.05, 0.1) is 6.04 Å². The molecule has 1 N–H and O–H groups in total. The van der Waals surface area contributed by atoms with Gasteiger partial charge in [0.2, 0.25) is 5.91 Å². The quantitative estimate of drug-likeness (QED) is 0.739. The summed E-state index contributed by atoms with van der Waals surface area (Å²) in [7, 11) is 0. The minimum Gasteiger partial charge on any atom is -0.342 e. The molecular weight excluding hydrogens is 250 g/mol. The Balaban J connectivity index is 2.42. The van der Waals surface area contributed by atoms with E-state index in [0.29, 0.717) is 11.8 Å². The van der Waals surface area contributed by atoms with Crippen LogP contribution >= 0.6 is 0 Å². The van der Waals surface area contributed by atoms with Crippen LogP contribution in [0.2, 0.25) is 0 Å². The lowest BCUT2D eigenvalue weighted by molar-refractivity contribution is -0.135. The Labute approximate surface area is 124 Å². The maximum Gasteiger partial charge on any atom is 0.239 e. The first-order valence-corrected chi connectivity index (χ1v) is 8.38. The third kappa shape index (κ3) is 5.06. The van der Waals surface area contributed by atoms with Crippen molar-refractivity contribution in [3.8, 4) is 0 Å². The van der Waals surface area contributed by atoms with E-state index >= 15 is 0 Å². The molecular formula is C16H33N3O. The highest BCUT2D eigenvalue weighted by Crippen LogP contribution is 2.17. The fraction of sp³-hybridized carbons (Fsp3) is 0.938. The molecule has 0 aromatic heterocycles. The number of piperidine rings is 1. The van der Waals surface area contributed by atoms with Crippen LogP contribution in [0.25, 0.3) is 0 Å². The predicted molar refractivity (Wildman–Crippen MR) is 84.8 cm³/mol. The summed E-state index contributed by atoms with van der Waals surface area (Å²) < 4.78 is 0. The summed E-state index contributed by atoms with van der Waals surface area (Å²) >= 11 is 0. The van der Waals surface area contributed by atoms with Gasteiger partial charge >= 0.3 is 0 Å². The zero-order valence-electron chi connectivity index (χ0n) is 13.8. The first kappa shape index (κ1) is 17.4. The molecule has 1 aliphatic rings. The van der Waals surface area contributed by atoms with Crippen LogP contribution in [0.5, 0.6) is 0 Å². The van der Waals surface area contributed by atoms with Crippen molar-refractivity contribution >= 4 is 5.91 Å². The molecule has 20 heavy (non-hydrogen) atoms. The molecule has 2 atom stereocenters. The zero-order chi connectivity index (χ0) is 15.0. The number of hydrogen-bond donors (Lipinski definition) is 1. The molecule has 1 aliphatic heterocycles. The fourth-order valence-corrected chi connectivity index (χ4v) is 3.03. The van der Waals surface area contributed by atoms with Crippen LogP contribution in [0.15, 0.2) is 0 Å². The van der Waals surface area contributed by atoms with Crippen molar-refractivity contribution < 1.29 is 4.79 Å². The first-order chi connectivity index (χ1) is 9.63. The predicted octanol–water partition coefficient (Wildman–Crippen LogP) is 1.95. The summed E-state index contributed by atoms with van der Waals surface area (Å²) in [5.74, 6) is 0.771. The lowest BCUT2D eigenvalue weighted by Gasteiger charge is -2.33. The second-order valence-electron chi connectivity index (χ2n) is 5.85. The summed E-state index contributed by atoms with van der Waals surface area (Å²) in [6.45, 7) is 14.6. The van der Waals surface area contributed by atoms with Gasteiger partial charge in [0.25, 0.3) is 0 Å². The summed E-state index contributed by atoms with van der Waals surface area (Å²) in [6, 6.07) is 0.0390. The lowest BCUT2D eigenvalue weighted by atomic mass is 9.92. The molecule has 1 amide bonds. The van der Waals surface area contributed by atoms with Crippen molar-refractivity contribution in [1.82, 2.24) is 15.1 Å². The average Bonchev–Trinajstić information content (AvgIpc) is 2.47.